The molecule has 0 unspecified atom stereocenters. The van der Waals surface area contributed by atoms with Crippen LogP contribution in [0.25, 0.3) is 0 Å². The second-order valence-electron chi connectivity index (χ2n) is 6.10. The number of rotatable bonds is 3. The number of halogens is 4. The molecule has 0 aliphatic heterocycles. The van der Waals surface area contributed by atoms with E-state index in [0.717, 1.165) is 6.07 Å². The number of alkyl halides is 3. The van der Waals surface area contributed by atoms with E-state index in [4.69, 9.17) is 4.42 Å². The monoisotopic (exact) mass is 377 g/mol. The molecule has 0 saturated heterocycles. The van der Waals surface area contributed by atoms with Crippen molar-refractivity contribution in [2.75, 3.05) is 5.32 Å². The van der Waals surface area contributed by atoms with Gasteiger partial charge in [0, 0.05) is 11.7 Å². The largest absolute Gasteiger partial charge is 0.417 e. The van der Waals surface area contributed by atoms with Crippen molar-refractivity contribution in [3.8, 4) is 0 Å². The summed E-state index contributed by atoms with van der Waals surface area (Å²) in [5, 5.41) is 9.17. The number of hydrogen-bond donors (Lipinski definition) is 1. The molecule has 0 aliphatic carbocycles. The lowest BCUT2D eigenvalue weighted by molar-refractivity contribution is -0.140. The fourth-order valence-corrected chi connectivity index (χ4v) is 2.98. The predicted octanol–water partition coefficient (Wildman–Crippen LogP) is 4.68. The summed E-state index contributed by atoms with van der Waals surface area (Å²) >= 11 is 0.696. The van der Waals surface area contributed by atoms with Crippen molar-refractivity contribution in [2.24, 2.45) is 0 Å². The van der Waals surface area contributed by atoms with Crippen molar-refractivity contribution in [2.45, 2.75) is 43.5 Å². The molecule has 1 aromatic carbocycles. The number of carbonyl (C=O) groups excluding carboxylic acids is 1. The van der Waals surface area contributed by atoms with Crippen LogP contribution in [0.3, 0.4) is 0 Å². The van der Waals surface area contributed by atoms with Gasteiger partial charge in [-0.2, -0.15) is 13.2 Å². The maximum atomic E-state index is 14.7. The van der Waals surface area contributed by atoms with Crippen molar-refractivity contribution >= 4 is 23.7 Å². The lowest BCUT2D eigenvalue weighted by atomic mass is 10.1. The first-order chi connectivity index (χ1) is 11.4. The van der Waals surface area contributed by atoms with Gasteiger partial charge >= 0.3 is 12.2 Å². The fourth-order valence-electron chi connectivity index (χ4n) is 1.87. The van der Waals surface area contributed by atoms with Gasteiger partial charge < -0.3 is 4.42 Å². The number of thioether (sulfide) groups is 1. The summed E-state index contributed by atoms with van der Waals surface area (Å²) in [6, 6.07) is 1.20. The van der Waals surface area contributed by atoms with E-state index >= 15 is 0 Å². The summed E-state index contributed by atoms with van der Waals surface area (Å²) in [5.74, 6) is -2.05. The van der Waals surface area contributed by atoms with E-state index in [0.29, 0.717) is 17.8 Å². The smallest absolute Gasteiger partial charge is 0.408 e. The molecule has 2 rings (SSSR count). The van der Waals surface area contributed by atoms with Crippen molar-refractivity contribution in [3.63, 3.8) is 0 Å². The van der Waals surface area contributed by atoms with Gasteiger partial charge in [0.15, 0.2) is 0 Å². The molecule has 1 heterocycles. The molecule has 1 amide bonds. The lowest BCUT2D eigenvalue weighted by Gasteiger charge is -2.22. The third-order valence-electron chi connectivity index (χ3n) is 2.80. The SMILES string of the molecule is Cc1nnc(NC(=O)c2ccc(C(F)(F)F)c(SC(C)(C)C)c2F)o1. The van der Waals surface area contributed by atoms with E-state index in [1.807, 2.05) is 0 Å². The van der Waals surface area contributed by atoms with Crippen molar-refractivity contribution in [3.05, 3.63) is 35.0 Å². The van der Waals surface area contributed by atoms with Crippen molar-refractivity contribution < 1.29 is 26.8 Å². The summed E-state index contributed by atoms with van der Waals surface area (Å²) in [4.78, 5) is 11.5. The van der Waals surface area contributed by atoms with Crippen LogP contribution < -0.4 is 5.32 Å². The average molecular weight is 377 g/mol. The molecule has 0 atom stereocenters. The van der Waals surface area contributed by atoms with Crippen LogP contribution in [0.4, 0.5) is 23.6 Å². The van der Waals surface area contributed by atoms with E-state index in [1.54, 1.807) is 20.8 Å². The zero-order chi connectivity index (χ0) is 19.0. The maximum Gasteiger partial charge on any atom is 0.417 e. The van der Waals surface area contributed by atoms with E-state index in [9.17, 15) is 22.4 Å². The normalized spacial score (nSPS) is 12.3. The summed E-state index contributed by atoms with van der Waals surface area (Å²) < 4.78 is 58.5. The van der Waals surface area contributed by atoms with Crippen molar-refractivity contribution in [1.82, 2.24) is 10.2 Å². The number of carbonyl (C=O) groups is 1. The Balaban J connectivity index is 2.46. The van der Waals surface area contributed by atoms with Gasteiger partial charge in [0.2, 0.25) is 5.89 Å². The Morgan fingerprint density at radius 1 is 1.20 bits per heavy atom. The van der Waals surface area contributed by atoms with E-state index in [-0.39, 0.29) is 11.9 Å². The van der Waals surface area contributed by atoms with Crippen LogP contribution in [0.5, 0.6) is 0 Å². The number of aromatic nitrogens is 2. The number of nitrogens with one attached hydrogen (secondary N) is 1. The Labute approximate surface area is 145 Å². The standard InChI is InChI=1S/C15H15F4N3O2S/c1-7-21-22-13(24-7)20-12(23)8-5-6-9(15(17,18)19)11(10(8)16)25-14(2,3)4/h5-6H,1-4H3,(H,20,22,23). The Bertz CT molecular complexity index is 797. The first-order valence-corrected chi connectivity index (χ1v) is 7.90. The molecule has 0 spiro atoms. The molecule has 1 aromatic heterocycles. The van der Waals surface area contributed by atoms with Crippen molar-refractivity contribution in [1.29, 1.82) is 0 Å². The minimum absolute atomic E-state index is 0.173. The highest BCUT2D eigenvalue weighted by Crippen LogP contribution is 2.43. The number of anilines is 1. The Kier molecular flexibility index (Phi) is 5.12. The number of nitrogens with zero attached hydrogens (tertiary/aromatic N) is 2. The first kappa shape index (κ1) is 19.2. The summed E-state index contributed by atoms with van der Waals surface area (Å²) in [7, 11) is 0. The highest BCUT2D eigenvalue weighted by molar-refractivity contribution is 8.00. The van der Waals surface area contributed by atoms with E-state index in [2.05, 4.69) is 15.5 Å². The van der Waals surface area contributed by atoms with Gasteiger partial charge in [-0.05, 0) is 12.1 Å². The molecular weight excluding hydrogens is 362 g/mol. The van der Waals surface area contributed by atoms with Gasteiger partial charge in [-0.1, -0.05) is 25.9 Å². The van der Waals surface area contributed by atoms with Crippen LogP contribution in [-0.4, -0.2) is 20.9 Å². The molecular formula is C15H15F4N3O2S. The predicted molar refractivity (Wildman–Crippen MR) is 84.0 cm³/mol. The van der Waals surface area contributed by atoms with Crippen LogP contribution in [-0.2, 0) is 6.18 Å². The summed E-state index contributed by atoms with van der Waals surface area (Å²) in [6.07, 6.45) is -4.74. The second kappa shape index (κ2) is 6.66. The van der Waals surface area contributed by atoms with E-state index < -0.39 is 38.7 Å². The molecule has 0 fully saturated rings. The van der Waals surface area contributed by atoms with Crippen LogP contribution in [0, 0.1) is 12.7 Å². The zero-order valence-electron chi connectivity index (χ0n) is 13.8. The third kappa shape index (κ3) is 4.71. The average Bonchev–Trinajstić information content (AvgIpc) is 2.83. The Morgan fingerprint density at radius 3 is 2.32 bits per heavy atom. The molecule has 10 heteroatoms. The molecule has 0 bridgehead atoms. The molecule has 25 heavy (non-hydrogen) atoms. The first-order valence-electron chi connectivity index (χ1n) is 7.08. The number of benzene rings is 1. The molecule has 136 valence electrons. The van der Waals surface area contributed by atoms with Gasteiger partial charge in [0.25, 0.3) is 5.91 Å². The zero-order valence-corrected chi connectivity index (χ0v) is 14.6. The minimum atomic E-state index is -4.74. The van der Waals surface area contributed by atoms with Gasteiger partial charge in [-0.25, -0.2) is 4.39 Å². The molecule has 1 N–H and O–H groups in total. The topological polar surface area (TPSA) is 68.0 Å². The molecule has 0 radical (unpaired) electrons. The van der Waals surface area contributed by atoms with Crippen LogP contribution in [0.2, 0.25) is 0 Å². The van der Waals surface area contributed by atoms with Crippen LogP contribution in [0.1, 0.15) is 42.6 Å². The maximum absolute atomic E-state index is 14.7. The number of amides is 1. The second-order valence-corrected chi connectivity index (χ2v) is 7.93. The molecule has 0 saturated carbocycles. The highest BCUT2D eigenvalue weighted by atomic mass is 32.2. The van der Waals surface area contributed by atoms with Gasteiger partial charge in [-0.3, -0.25) is 10.1 Å². The fraction of sp³-hybridized carbons (Fsp3) is 0.400. The number of hydrogen-bond acceptors (Lipinski definition) is 5. The molecule has 2 aromatic rings. The lowest BCUT2D eigenvalue weighted by Crippen LogP contribution is -2.18. The summed E-state index contributed by atoms with van der Waals surface area (Å²) in [6.45, 7) is 6.42. The van der Waals surface area contributed by atoms with Gasteiger partial charge in [0.1, 0.15) is 5.82 Å². The highest BCUT2D eigenvalue weighted by Gasteiger charge is 2.37. The van der Waals surface area contributed by atoms with Crippen LogP contribution >= 0.6 is 11.8 Å². The minimum Gasteiger partial charge on any atom is -0.408 e. The molecule has 0 aliphatic rings. The Hall–Kier alpha value is -2.10. The molecule has 5 nitrogen and oxygen atoms in total. The van der Waals surface area contributed by atoms with E-state index in [1.165, 1.54) is 6.92 Å². The van der Waals surface area contributed by atoms with Crippen LogP contribution in [0.15, 0.2) is 21.4 Å². The van der Waals surface area contributed by atoms with Gasteiger partial charge in [-0.15, -0.1) is 16.9 Å². The summed E-state index contributed by atoms with van der Waals surface area (Å²) in [5.41, 5.74) is -1.68. The quantitative estimate of drug-likeness (QED) is 0.621. The Morgan fingerprint density at radius 2 is 1.84 bits per heavy atom. The number of aryl methyl sites for hydroxylation is 1. The van der Waals surface area contributed by atoms with Gasteiger partial charge in [0.05, 0.1) is 16.0 Å². The third-order valence-corrected chi connectivity index (χ3v) is 4.02.